The van der Waals surface area contributed by atoms with E-state index in [-0.39, 0.29) is 12.1 Å². The molecule has 0 aliphatic carbocycles. The summed E-state index contributed by atoms with van der Waals surface area (Å²) in [7, 11) is 0. The van der Waals surface area contributed by atoms with E-state index >= 15 is 0 Å². The van der Waals surface area contributed by atoms with E-state index in [2.05, 4.69) is 4.98 Å². The van der Waals surface area contributed by atoms with Crippen molar-refractivity contribution in [2.24, 2.45) is 0 Å². The van der Waals surface area contributed by atoms with Gasteiger partial charge in [0.1, 0.15) is 12.4 Å². The first-order valence-electron chi connectivity index (χ1n) is 5.70. The Morgan fingerprint density at radius 1 is 1.39 bits per heavy atom. The molecule has 0 spiro atoms. The van der Waals surface area contributed by atoms with Crippen LogP contribution in [0.2, 0.25) is 0 Å². The van der Waals surface area contributed by atoms with E-state index in [4.69, 9.17) is 5.11 Å². The molecular weight excluding hydrogens is 232 g/mol. The fraction of sp³-hybridized carbons (Fsp3) is 0.231. The van der Waals surface area contributed by atoms with Gasteiger partial charge in [-0.25, -0.2) is 0 Å². The molecular formula is C13H14N2O3. The molecule has 0 atom stereocenters. The molecule has 18 heavy (non-hydrogen) atoms. The number of hydrogen-bond donors (Lipinski definition) is 2. The Kier molecular flexibility index (Phi) is 3.32. The van der Waals surface area contributed by atoms with E-state index in [0.717, 1.165) is 5.39 Å². The number of aromatic amines is 1. The fourth-order valence-electron chi connectivity index (χ4n) is 1.90. The number of pyridine rings is 1. The van der Waals surface area contributed by atoms with Crippen LogP contribution in [0.3, 0.4) is 0 Å². The lowest BCUT2D eigenvalue weighted by Crippen LogP contribution is -2.31. The summed E-state index contributed by atoms with van der Waals surface area (Å²) in [5.41, 5.74) is -0.202. The fourth-order valence-corrected chi connectivity index (χ4v) is 1.90. The van der Waals surface area contributed by atoms with E-state index in [1.807, 2.05) is 19.1 Å². The van der Waals surface area contributed by atoms with Crippen LogP contribution in [0.5, 0.6) is 0 Å². The normalized spacial score (nSPS) is 10.5. The van der Waals surface area contributed by atoms with Crippen LogP contribution in [-0.2, 0) is 4.79 Å². The Morgan fingerprint density at radius 2 is 2.11 bits per heavy atom. The monoisotopic (exact) mass is 246 g/mol. The Balaban J connectivity index is 2.51. The number of anilines is 1. The smallest absolute Gasteiger partial charge is 0.323 e. The number of carboxylic acids is 1. The van der Waals surface area contributed by atoms with Crippen LogP contribution in [-0.4, -0.2) is 29.1 Å². The van der Waals surface area contributed by atoms with Gasteiger partial charge in [-0.3, -0.25) is 9.59 Å². The van der Waals surface area contributed by atoms with E-state index in [1.54, 1.807) is 23.1 Å². The van der Waals surface area contributed by atoms with Crippen molar-refractivity contribution < 1.29 is 9.90 Å². The molecule has 0 amide bonds. The largest absolute Gasteiger partial charge is 0.480 e. The molecule has 2 rings (SSSR count). The summed E-state index contributed by atoms with van der Waals surface area (Å²) in [6.45, 7) is 2.22. The molecule has 5 nitrogen and oxygen atoms in total. The lowest BCUT2D eigenvalue weighted by atomic mass is 10.2. The maximum atomic E-state index is 11.9. The number of nitrogens with zero attached hydrogens (tertiary/aromatic N) is 1. The number of carboxylic acid groups (broad SMARTS) is 1. The summed E-state index contributed by atoms with van der Waals surface area (Å²) < 4.78 is 0. The summed E-state index contributed by atoms with van der Waals surface area (Å²) in [5, 5.41) is 10.2. The molecule has 1 aromatic carbocycles. The number of nitrogens with one attached hydrogen (secondary N) is 1. The van der Waals surface area contributed by atoms with Gasteiger partial charge in [-0.1, -0.05) is 18.2 Å². The molecule has 2 N–H and O–H groups in total. The zero-order chi connectivity index (χ0) is 13.1. The Labute approximate surface area is 104 Å². The maximum Gasteiger partial charge on any atom is 0.323 e. The molecule has 0 saturated carbocycles. The van der Waals surface area contributed by atoms with Crippen LogP contribution < -0.4 is 10.5 Å². The Hall–Kier alpha value is -2.30. The van der Waals surface area contributed by atoms with Crippen molar-refractivity contribution in [3.8, 4) is 0 Å². The first kappa shape index (κ1) is 12.2. The van der Waals surface area contributed by atoms with Crippen LogP contribution in [0.15, 0.2) is 35.1 Å². The van der Waals surface area contributed by atoms with Crippen molar-refractivity contribution in [3.63, 3.8) is 0 Å². The maximum absolute atomic E-state index is 11.9. The molecule has 0 aliphatic heterocycles. The lowest BCUT2D eigenvalue weighted by molar-refractivity contribution is -0.135. The number of rotatable bonds is 4. The van der Waals surface area contributed by atoms with E-state index in [0.29, 0.717) is 17.7 Å². The second kappa shape index (κ2) is 4.91. The zero-order valence-electron chi connectivity index (χ0n) is 10.0. The number of benzene rings is 1. The van der Waals surface area contributed by atoms with Crippen molar-refractivity contribution in [2.75, 3.05) is 18.0 Å². The van der Waals surface area contributed by atoms with Crippen molar-refractivity contribution in [1.82, 2.24) is 4.98 Å². The number of H-pyrrole nitrogens is 1. The minimum Gasteiger partial charge on any atom is -0.480 e. The number of aliphatic carboxylic acids is 1. The first-order chi connectivity index (χ1) is 8.61. The highest BCUT2D eigenvalue weighted by molar-refractivity contribution is 5.84. The van der Waals surface area contributed by atoms with Gasteiger partial charge in [0.15, 0.2) is 0 Å². The highest BCUT2D eigenvalue weighted by atomic mass is 16.4. The lowest BCUT2D eigenvalue weighted by Gasteiger charge is -2.20. The molecule has 0 bridgehead atoms. The zero-order valence-corrected chi connectivity index (χ0v) is 10.0. The SMILES string of the molecule is CCN(CC(=O)O)c1cc2ccccc2c(=O)[nH]1. The molecule has 2 aromatic rings. The standard InChI is InChI=1S/C13H14N2O3/c1-2-15(8-12(16)17)11-7-9-5-3-4-6-10(9)13(18)14-11/h3-7H,2,8H2,1H3,(H,14,18)(H,16,17). The van der Waals surface area contributed by atoms with E-state index in [1.165, 1.54) is 0 Å². The highest BCUT2D eigenvalue weighted by Crippen LogP contribution is 2.15. The summed E-state index contributed by atoms with van der Waals surface area (Å²) in [5.74, 6) is -0.394. The average Bonchev–Trinajstić information content (AvgIpc) is 2.35. The molecule has 1 aromatic heterocycles. The summed E-state index contributed by atoms with van der Waals surface area (Å²) in [6.07, 6.45) is 0. The van der Waals surface area contributed by atoms with Gasteiger partial charge in [-0.05, 0) is 24.4 Å². The molecule has 0 unspecified atom stereocenters. The van der Waals surface area contributed by atoms with Gasteiger partial charge in [-0.15, -0.1) is 0 Å². The van der Waals surface area contributed by atoms with Crippen molar-refractivity contribution >= 4 is 22.6 Å². The second-order valence-electron chi connectivity index (χ2n) is 3.98. The number of likely N-dealkylation sites (N-methyl/N-ethyl adjacent to an activating group) is 1. The van der Waals surface area contributed by atoms with E-state index < -0.39 is 5.97 Å². The van der Waals surface area contributed by atoms with Crippen molar-refractivity contribution in [2.45, 2.75) is 6.92 Å². The Bertz CT molecular complexity index is 633. The van der Waals surface area contributed by atoms with Gasteiger partial charge >= 0.3 is 5.97 Å². The number of aromatic nitrogens is 1. The second-order valence-corrected chi connectivity index (χ2v) is 3.98. The van der Waals surface area contributed by atoms with Crippen LogP contribution in [0.1, 0.15) is 6.92 Å². The van der Waals surface area contributed by atoms with Gasteiger partial charge < -0.3 is 15.0 Å². The Morgan fingerprint density at radius 3 is 2.78 bits per heavy atom. The third-order valence-corrected chi connectivity index (χ3v) is 2.79. The average molecular weight is 246 g/mol. The number of hydrogen-bond acceptors (Lipinski definition) is 3. The third-order valence-electron chi connectivity index (χ3n) is 2.79. The van der Waals surface area contributed by atoms with Gasteiger partial charge in [0.2, 0.25) is 0 Å². The molecule has 0 radical (unpaired) electrons. The highest BCUT2D eigenvalue weighted by Gasteiger charge is 2.11. The predicted molar refractivity (Wildman–Crippen MR) is 70.1 cm³/mol. The van der Waals surface area contributed by atoms with Crippen LogP contribution in [0.4, 0.5) is 5.82 Å². The van der Waals surface area contributed by atoms with Gasteiger partial charge in [0, 0.05) is 11.9 Å². The summed E-state index contributed by atoms with van der Waals surface area (Å²) in [6, 6.07) is 9.02. The van der Waals surface area contributed by atoms with E-state index in [9.17, 15) is 9.59 Å². The molecule has 0 fully saturated rings. The van der Waals surface area contributed by atoms with Gasteiger partial charge in [-0.2, -0.15) is 0 Å². The van der Waals surface area contributed by atoms with Crippen molar-refractivity contribution in [1.29, 1.82) is 0 Å². The molecule has 94 valence electrons. The molecule has 5 heteroatoms. The molecule has 0 saturated heterocycles. The van der Waals surface area contributed by atoms with Crippen LogP contribution >= 0.6 is 0 Å². The minimum atomic E-state index is -0.925. The minimum absolute atomic E-state index is 0.134. The molecule has 0 aliphatic rings. The summed E-state index contributed by atoms with van der Waals surface area (Å²) >= 11 is 0. The third kappa shape index (κ3) is 2.34. The summed E-state index contributed by atoms with van der Waals surface area (Å²) in [4.78, 5) is 27.0. The van der Waals surface area contributed by atoms with Gasteiger partial charge in [0.05, 0.1) is 0 Å². The first-order valence-corrected chi connectivity index (χ1v) is 5.70. The van der Waals surface area contributed by atoms with Gasteiger partial charge in [0.25, 0.3) is 5.56 Å². The number of carbonyl (C=O) groups is 1. The number of fused-ring (bicyclic) bond motifs is 1. The predicted octanol–water partition coefficient (Wildman–Crippen LogP) is 1.44. The molecule has 1 heterocycles. The van der Waals surface area contributed by atoms with Crippen LogP contribution in [0, 0.1) is 0 Å². The van der Waals surface area contributed by atoms with Crippen molar-refractivity contribution in [3.05, 3.63) is 40.7 Å². The quantitative estimate of drug-likeness (QED) is 0.856. The topological polar surface area (TPSA) is 73.4 Å². The van der Waals surface area contributed by atoms with Crippen LogP contribution in [0.25, 0.3) is 10.8 Å².